The quantitative estimate of drug-likeness (QED) is 0.787. The number of rotatable bonds is 4. The summed E-state index contributed by atoms with van der Waals surface area (Å²) in [4.78, 5) is 24.2. The number of carbonyl (C=O) groups is 1. The first-order valence-corrected chi connectivity index (χ1v) is 8.18. The fraction of sp³-hybridized carbons (Fsp3) is 0.688. The van der Waals surface area contributed by atoms with Gasteiger partial charge < -0.3 is 14.5 Å². The van der Waals surface area contributed by atoms with Crippen molar-refractivity contribution >= 4 is 12.4 Å². The standard InChI is InChI=1S/C16H24N4O2/c1-12(2)22-15-13-5-3-4-6-14(13)17-16(18-15)20-9-7-19(11-21)8-10-20/h11-12H,3-10H2,1-2H3. The van der Waals surface area contributed by atoms with E-state index >= 15 is 0 Å². The van der Waals surface area contributed by atoms with Crippen LogP contribution in [0.15, 0.2) is 0 Å². The van der Waals surface area contributed by atoms with E-state index in [0.717, 1.165) is 63.0 Å². The van der Waals surface area contributed by atoms with Crippen molar-refractivity contribution in [3.05, 3.63) is 11.3 Å². The predicted molar refractivity (Wildman–Crippen MR) is 84.3 cm³/mol. The zero-order valence-corrected chi connectivity index (χ0v) is 13.4. The van der Waals surface area contributed by atoms with Crippen LogP contribution in [-0.4, -0.2) is 53.6 Å². The van der Waals surface area contributed by atoms with Gasteiger partial charge in [0.25, 0.3) is 0 Å². The van der Waals surface area contributed by atoms with E-state index in [1.54, 1.807) is 4.90 Å². The first-order valence-electron chi connectivity index (χ1n) is 8.18. The highest BCUT2D eigenvalue weighted by Gasteiger charge is 2.24. The Morgan fingerprint density at radius 2 is 1.82 bits per heavy atom. The summed E-state index contributed by atoms with van der Waals surface area (Å²) in [7, 11) is 0. The van der Waals surface area contributed by atoms with Crippen molar-refractivity contribution in [2.45, 2.75) is 45.6 Å². The molecule has 0 bridgehead atoms. The fourth-order valence-electron chi connectivity index (χ4n) is 3.04. The number of fused-ring (bicyclic) bond motifs is 1. The molecule has 6 heteroatoms. The summed E-state index contributed by atoms with van der Waals surface area (Å²) in [5, 5.41) is 0. The predicted octanol–water partition coefficient (Wildman–Crippen LogP) is 1.42. The second kappa shape index (κ2) is 6.50. The smallest absolute Gasteiger partial charge is 0.229 e. The third kappa shape index (κ3) is 3.15. The molecule has 0 radical (unpaired) electrons. The topological polar surface area (TPSA) is 58.6 Å². The Morgan fingerprint density at radius 1 is 1.09 bits per heavy atom. The SMILES string of the molecule is CC(C)Oc1nc(N2CCN(C=O)CC2)nc2c1CCCC2. The highest BCUT2D eigenvalue weighted by atomic mass is 16.5. The lowest BCUT2D eigenvalue weighted by molar-refractivity contribution is -0.118. The third-order valence-corrected chi connectivity index (χ3v) is 4.23. The fourth-order valence-corrected chi connectivity index (χ4v) is 3.04. The minimum Gasteiger partial charge on any atom is -0.475 e. The Balaban J connectivity index is 1.86. The van der Waals surface area contributed by atoms with Gasteiger partial charge in [-0.1, -0.05) is 0 Å². The molecule has 1 saturated heterocycles. The van der Waals surface area contributed by atoms with Gasteiger partial charge in [-0.05, 0) is 39.5 Å². The van der Waals surface area contributed by atoms with Crippen LogP contribution in [0.5, 0.6) is 5.88 Å². The van der Waals surface area contributed by atoms with E-state index < -0.39 is 0 Å². The van der Waals surface area contributed by atoms with Crippen molar-refractivity contribution in [1.29, 1.82) is 0 Å². The zero-order valence-electron chi connectivity index (χ0n) is 13.4. The number of aromatic nitrogens is 2. The lowest BCUT2D eigenvalue weighted by atomic mass is 9.97. The zero-order chi connectivity index (χ0) is 15.5. The van der Waals surface area contributed by atoms with E-state index in [4.69, 9.17) is 9.72 Å². The summed E-state index contributed by atoms with van der Waals surface area (Å²) in [5.41, 5.74) is 2.33. The van der Waals surface area contributed by atoms with Crippen molar-refractivity contribution in [3.63, 3.8) is 0 Å². The summed E-state index contributed by atoms with van der Waals surface area (Å²) >= 11 is 0. The summed E-state index contributed by atoms with van der Waals surface area (Å²) in [5.74, 6) is 1.51. The van der Waals surface area contributed by atoms with Gasteiger partial charge >= 0.3 is 0 Å². The van der Waals surface area contributed by atoms with E-state index in [1.807, 2.05) is 13.8 Å². The van der Waals surface area contributed by atoms with Crippen LogP contribution in [0.4, 0.5) is 5.95 Å². The van der Waals surface area contributed by atoms with Gasteiger partial charge in [-0.3, -0.25) is 4.79 Å². The molecule has 2 heterocycles. The first kappa shape index (κ1) is 15.1. The molecule has 1 aliphatic carbocycles. The number of ether oxygens (including phenoxy) is 1. The summed E-state index contributed by atoms with van der Waals surface area (Å²) in [6, 6.07) is 0. The first-order chi connectivity index (χ1) is 10.7. The van der Waals surface area contributed by atoms with Crippen LogP contribution in [0.25, 0.3) is 0 Å². The number of aryl methyl sites for hydroxylation is 1. The maximum atomic E-state index is 10.8. The third-order valence-electron chi connectivity index (χ3n) is 4.23. The van der Waals surface area contributed by atoms with Gasteiger partial charge in [0.05, 0.1) is 11.8 Å². The molecule has 1 amide bonds. The highest BCUT2D eigenvalue weighted by Crippen LogP contribution is 2.30. The van der Waals surface area contributed by atoms with Crippen molar-refractivity contribution < 1.29 is 9.53 Å². The van der Waals surface area contributed by atoms with Crippen molar-refractivity contribution in [1.82, 2.24) is 14.9 Å². The molecule has 0 aromatic carbocycles. The van der Waals surface area contributed by atoms with Gasteiger partial charge in [0, 0.05) is 31.7 Å². The molecule has 1 aromatic rings. The Morgan fingerprint density at radius 3 is 2.50 bits per heavy atom. The van der Waals surface area contributed by atoms with E-state index in [-0.39, 0.29) is 6.10 Å². The summed E-state index contributed by atoms with van der Waals surface area (Å²) < 4.78 is 5.94. The average Bonchev–Trinajstić information content (AvgIpc) is 2.54. The summed E-state index contributed by atoms with van der Waals surface area (Å²) in [6.45, 7) is 7.06. The van der Waals surface area contributed by atoms with Crippen LogP contribution in [0.1, 0.15) is 37.9 Å². The minimum atomic E-state index is 0.112. The van der Waals surface area contributed by atoms with Crippen molar-refractivity contribution in [2.24, 2.45) is 0 Å². The Kier molecular flexibility index (Phi) is 4.45. The molecular formula is C16H24N4O2. The van der Waals surface area contributed by atoms with Gasteiger partial charge in [-0.2, -0.15) is 4.98 Å². The van der Waals surface area contributed by atoms with Crippen molar-refractivity contribution in [2.75, 3.05) is 31.1 Å². The largest absolute Gasteiger partial charge is 0.475 e. The van der Waals surface area contributed by atoms with E-state index in [1.165, 1.54) is 18.4 Å². The molecule has 1 fully saturated rings. The van der Waals surface area contributed by atoms with Crippen LogP contribution < -0.4 is 9.64 Å². The summed E-state index contributed by atoms with van der Waals surface area (Å²) in [6.07, 6.45) is 5.41. The molecule has 2 aliphatic rings. The van der Waals surface area contributed by atoms with Crippen LogP contribution in [0.3, 0.4) is 0 Å². The molecule has 1 aliphatic heterocycles. The molecule has 6 nitrogen and oxygen atoms in total. The molecule has 0 N–H and O–H groups in total. The van der Waals surface area contributed by atoms with E-state index in [2.05, 4.69) is 9.88 Å². The molecule has 22 heavy (non-hydrogen) atoms. The molecule has 0 atom stereocenters. The van der Waals surface area contributed by atoms with Crippen LogP contribution in [-0.2, 0) is 17.6 Å². The van der Waals surface area contributed by atoms with Gasteiger partial charge in [0.15, 0.2) is 0 Å². The van der Waals surface area contributed by atoms with Crippen LogP contribution >= 0.6 is 0 Å². The lowest BCUT2D eigenvalue weighted by Gasteiger charge is -2.33. The molecule has 0 saturated carbocycles. The Bertz CT molecular complexity index is 539. The molecule has 3 rings (SSSR count). The number of amides is 1. The minimum absolute atomic E-state index is 0.112. The van der Waals surface area contributed by atoms with Gasteiger partial charge in [0.1, 0.15) is 0 Å². The lowest BCUT2D eigenvalue weighted by Crippen LogP contribution is -2.46. The maximum Gasteiger partial charge on any atom is 0.229 e. The normalized spacial score (nSPS) is 18.3. The van der Waals surface area contributed by atoms with Crippen LogP contribution in [0.2, 0.25) is 0 Å². The number of piperazine rings is 1. The molecule has 0 unspecified atom stereocenters. The molecule has 120 valence electrons. The van der Waals surface area contributed by atoms with E-state index in [0.29, 0.717) is 0 Å². The average molecular weight is 304 g/mol. The molecular weight excluding hydrogens is 280 g/mol. The van der Waals surface area contributed by atoms with Crippen molar-refractivity contribution in [3.8, 4) is 5.88 Å². The second-order valence-electron chi connectivity index (χ2n) is 6.26. The van der Waals surface area contributed by atoms with Gasteiger partial charge in [-0.15, -0.1) is 0 Å². The molecule has 1 aromatic heterocycles. The highest BCUT2D eigenvalue weighted by molar-refractivity contribution is 5.49. The number of hydrogen-bond donors (Lipinski definition) is 0. The Labute approximate surface area is 131 Å². The van der Waals surface area contributed by atoms with Gasteiger partial charge in [-0.25, -0.2) is 4.98 Å². The maximum absolute atomic E-state index is 10.8. The Hall–Kier alpha value is -1.85. The second-order valence-corrected chi connectivity index (χ2v) is 6.26. The van der Waals surface area contributed by atoms with Gasteiger partial charge in [0.2, 0.25) is 18.2 Å². The molecule has 0 spiro atoms. The number of hydrogen-bond acceptors (Lipinski definition) is 5. The number of carbonyl (C=O) groups excluding carboxylic acids is 1. The van der Waals surface area contributed by atoms with Crippen LogP contribution in [0, 0.1) is 0 Å². The number of nitrogens with zero attached hydrogens (tertiary/aromatic N) is 4. The van der Waals surface area contributed by atoms with E-state index in [9.17, 15) is 4.79 Å². The number of anilines is 1. The monoisotopic (exact) mass is 304 g/mol.